The smallest absolute Gasteiger partial charge is 0.335 e. The fraction of sp³-hybridized carbons (Fsp3) is 0.0714. The molecule has 0 spiro atoms. The number of hydrogen-bond acceptors (Lipinski definition) is 4. The first kappa shape index (κ1) is 12.2. The lowest BCUT2D eigenvalue weighted by atomic mass is 10.1. The third-order valence-corrected chi connectivity index (χ3v) is 2.93. The molecule has 0 saturated carbocycles. The standard InChI is InChI=1S/C14H11N3O3/c1-20-11-7-6-10-13(16-11)17-12(15-10)8-2-4-9(5-3-8)14(18)19/h2-7H,1H3,(H,18,19)(H,15,16,17). The number of aromatic amines is 1. The fourth-order valence-electron chi connectivity index (χ4n) is 1.90. The first-order valence-electron chi connectivity index (χ1n) is 5.92. The van der Waals surface area contributed by atoms with E-state index in [1.165, 1.54) is 0 Å². The second-order valence-corrected chi connectivity index (χ2v) is 4.19. The number of carboxylic acids is 1. The molecule has 0 fully saturated rings. The van der Waals surface area contributed by atoms with Crippen LogP contribution in [0.25, 0.3) is 22.6 Å². The number of benzene rings is 1. The Labute approximate surface area is 114 Å². The van der Waals surface area contributed by atoms with E-state index in [9.17, 15) is 4.79 Å². The van der Waals surface area contributed by atoms with Gasteiger partial charge in [0.25, 0.3) is 0 Å². The van der Waals surface area contributed by atoms with Gasteiger partial charge >= 0.3 is 5.97 Å². The molecule has 2 aromatic heterocycles. The monoisotopic (exact) mass is 269 g/mol. The lowest BCUT2D eigenvalue weighted by Gasteiger charge is -1.97. The van der Waals surface area contributed by atoms with E-state index < -0.39 is 5.97 Å². The van der Waals surface area contributed by atoms with E-state index in [1.807, 2.05) is 6.07 Å². The number of imidazole rings is 1. The van der Waals surface area contributed by atoms with Crippen molar-refractivity contribution in [2.24, 2.45) is 0 Å². The second kappa shape index (κ2) is 4.65. The number of nitrogens with zero attached hydrogens (tertiary/aromatic N) is 2. The van der Waals surface area contributed by atoms with Crippen LogP contribution in [0.2, 0.25) is 0 Å². The van der Waals surface area contributed by atoms with Gasteiger partial charge in [-0.2, -0.15) is 4.98 Å². The molecule has 2 N–H and O–H groups in total. The predicted octanol–water partition coefficient (Wildman–Crippen LogP) is 2.33. The van der Waals surface area contributed by atoms with Crippen molar-refractivity contribution in [3.05, 3.63) is 42.0 Å². The Balaban J connectivity index is 2.03. The molecule has 0 aliphatic carbocycles. The number of ether oxygens (including phenoxy) is 1. The van der Waals surface area contributed by atoms with Crippen LogP contribution in [-0.2, 0) is 0 Å². The molecule has 0 aliphatic rings. The first-order chi connectivity index (χ1) is 9.67. The van der Waals surface area contributed by atoms with Crippen molar-refractivity contribution in [2.45, 2.75) is 0 Å². The number of fused-ring (bicyclic) bond motifs is 1. The van der Waals surface area contributed by atoms with E-state index in [0.717, 1.165) is 11.1 Å². The predicted molar refractivity (Wildman–Crippen MR) is 72.8 cm³/mol. The number of H-pyrrole nitrogens is 1. The molecule has 0 atom stereocenters. The summed E-state index contributed by atoms with van der Waals surface area (Å²) in [7, 11) is 1.55. The highest BCUT2D eigenvalue weighted by molar-refractivity contribution is 5.88. The van der Waals surface area contributed by atoms with Crippen LogP contribution >= 0.6 is 0 Å². The number of nitrogens with one attached hydrogen (secondary N) is 1. The molecule has 0 saturated heterocycles. The Morgan fingerprint density at radius 2 is 1.90 bits per heavy atom. The molecule has 6 heteroatoms. The Morgan fingerprint density at radius 1 is 1.15 bits per heavy atom. The molecule has 0 aliphatic heterocycles. The van der Waals surface area contributed by atoms with E-state index in [-0.39, 0.29) is 5.56 Å². The van der Waals surface area contributed by atoms with Crippen LogP contribution < -0.4 is 4.74 Å². The molecule has 100 valence electrons. The Bertz CT molecular complexity index is 778. The van der Waals surface area contributed by atoms with Crippen molar-refractivity contribution in [1.82, 2.24) is 15.0 Å². The van der Waals surface area contributed by atoms with Gasteiger partial charge in [0.1, 0.15) is 5.82 Å². The van der Waals surface area contributed by atoms with Crippen molar-refractivity contribution in [3.63, 3.8) is 0 Å². The lowest BCUT2D eigenvalue weighted by Crippen LogP contribution is -1.95. The number of hydrogen-bond donors (Lipinski definition) is 2. The normalized spacial score (nSPS) is 10.7. The summed E-state index contributed by atoms with van der Waals surface area (Å²) in [4.78, 5) is 22.5. The molecule has 1 aromatic carbocycles. The zero-order valence-electron chi connectivity index (χ0n) is 10.6. The van der Waals surface area contributed by atoms with Gasteiger partial charge in [-0.3, -0.25) is 0 Å². The van der Waals surface area contributed by atoms with Gasteiger partial charge in [0, 0.05) is 11.6 Å². The van der Waals surface area contributed by atoms with Crippen molar-refractivity contribution < 1.29 is 14.6 Å². The molecule has 3 rings (SSSR count). The summed E-state index contributed by atoms with van der Waals surface area (Å²) in [6, 6.07) is 10.1. The number of aromatic nitrogens is 3. The number of aromatic carboxylic acids is 1. The second-order valence-electron chi connectivity index (χ2n) is 4.19. The first-order valence-corrected chi connectivity index (χ1v) is 5.92. The van der Waals surface area contributed by atoms with Gasteiger partial charge in [0.15, 0.2) is 5.65 Å². The van der Waals surface area contributed by atoms with Crippen molar-refractivity contribution in [2.75, 3.05) is 7.11 Å². The largest absolute Gasteiger partial charge is 0.481 e. The summed E-state index contributed by atoms with van der Waals surface area (Å²) in [5.74, 6) is 0.182. The molecule has 0 unspecified atom stereocenters. The van der Waals surface area contributed by atoms with Gasteiger partial charge in [-0.25, -0.2) is 9.78 Å². The number of carboxylic acid groups (broad SMARTS) is 1. The summed E-state index contributed by atoms with van der Waals surface area (Å²) in [5.41, 5.74) is 2.39. The Morgan fingerprint density at radius 3 is 2.55 bits per heavy atom. The van der Waals surface area contributed by atoms with Gasteiger partial charge < -0.3 is 14.8 Å². The van der Waals surface area contributed by atoms with Gasteiger partial charge in [-0.1, -0.05) is 12.1 Å². The average molecular weight is 269 g/mol. The van der Waals surface area contributed by atoms with E-state index in [0.29, 0.717) is 17.4 Å². The summed E-state index contributed by atoms with van der Waals surface area (Å²) in [6.45, 7) is 0. The van der Waals surface area contributed by atoms with Crippen LogP contribution in [0.4, 0.5) is 0 Å². The molecule has 6 nitrogen and oxygen atoms in total. The number of carbonyl (C=O) groups is 1. The molecule has 0 radical (unpaired) electrons. The number of pyridine rings is 1. The van der Waals surface area contributed by atoms with Gasteiger partial charge in [-0.05, 0) is 18.2 Å². The van der Waals surface area contributed by atoms with Crippen LogP contribution in [0, 0.1) is 0 Å². The van der Waals surface area contributed by atoms with Crippen molar-refractivity contribution in [1.29, 1.82) is 0 Å². The molecule has 2 heterocycles. The van der Waals surface area contributed by atoms with E-state index in [1.54, 1.807) is 37.4 Å². The van der Waals surface area contributed by atoms with Crippen LogP contribution in [-0.4, -0.2) is 33.1 Å². The molecule has 0 bridgehead atoms. The van der Waals surface area contributed by atoms with Gasteiger partial charge in [0.2, 0.25) is 5.88 Å². The van der Waals surface area contributed by atoms with Crippen LogP contribution in [0.1, 0.15) is 10.4 Å². The van der Waals surface area contributed by atoms with Crippen LogP contribution in [0.3, 0.4) is 0 Å². The van der Waals surface area contributed by atoms with Gasteiger partial charge in [0.05, 0.1) is 18.2 Å². The van der Waals surface area contributed by atoms with Crippen LogP contribution in [0.15, 0.2) is 36.4 Å². The van der Waals surface area contributed by atoms with Crippen molar-refractivity contribution in [3.8, 4) is 17.3 Å². The zero-order chi connectivity index (χ0) is 14.1. The average Bonchev–Trinajstić information content (AvgIpc) is 2.90. The summed E-state index contributed by atoms with van der Waals surface area (Å²) >= 11 is 0. The van der Waals surface area contributed by atoms with E-state index >= 15 is 0 Å². The lowest BCUT2D eigenvalue weighted by molar-refractivity contribution is 0.0697. The van der Waals surface area contributed by atoms with E-state index in [2.05, 4.69) is 15.0 Å². The summed E-state index contributed by atoms with van der Waals surface area (Å²) in [6.07, 6.45) is 0. The maximum Gasteiger partial charge on any atom is 0.335 e. The third kappa shape index (κ3) is 2.07. The minimum absolute atomic E-state index is 0.240. The minimum Gasteiger partial charge on any atom is -0.481 e. The maximum absolute atomic E-state index is 10.8. The summed E-state index contributed by atoms with van der Waals surface area (Å²) in [5, 5.41) is 8.87. The number of methoxy groups -OCH3 is 1. The molecule has 20 heavy (non-hydrogen) atoms. The number of rotatable bonds is 3. The zero-order valence-corrected chi connectivity index (χ0v) is 10.6. The van der Waals surface area contributed by atoms with Crippen molar-refractivity contribution >= 4 is 17.1 Å². The highest BCUT2D eigenvalue weighted by atomic mass is 16.5. The molecular weight excluding hydrogens is 258 g/mol. The quantitative estimate of drug-likeness (QED) is 0.761. The SMILES string of the molecule is COc1ccc2[nH]c(-c3ccc(C(=O)O)cc3)nc2n1. The third-order valence-electron chi connectivity index (χ3n) is 2.93. The maximum atomic E-state index is 10.8. The highest BCUT2D eigenvalue weighted by Crippen LogP contribution is 2.21. The molecule has 0 amide bonds. The summed E-state index contributed by atoms with van der Waals surface area (Å²) < 4.78 is 5.05. The highest BCUT2D eigenvalue weighted by Gasteiger charge is 2.08. The fourth-order valence-corrected chi connectivity index (χ4v) is 1.90. The Hall–Kier alpha value is -2.89. The topological polar surface area (TPSA) is 88.1 Å². The van der Waals surface area contributed by atoms with Gasteiger partial charge in [-0.15, -0.1) is 0 Å². The van der Waals surface area contributed by atoms with E-state index in [4.69, 9.17) is 9.84 Å². The molecule has 3 aromatic rings. The molecular formula is C14H11N3O3. The minimum atomic E-state index is -0.951. The Kier molecular flexibility index (Phi) is 2.83. The van der Waals surface area contributed by atoms with Crippen LogP contribution in [0.5, 0.6) is 5.88 Å².